The Morgan fingerprint density at radius 1 is 1.00 bits per heavy atom. The average molecular weight is 414 g/mol. The Morgan fingerprint density at radius 3 is 2.24 bits per heavy atom. The van der Waals surface area contributed by atoms with Crippen molar-refractivity contribution in [2.45, 2.75) is 24.7 Å². The van der Waals surface area contributed by atoms with Crippen LogP contribution in [0.5, 0.6) is 5.75 Å². The molecule has 11 heteroatoms. The fraction of sp³-hybridized carbons (Fsp3) is 0.278. The molecule has 1 atom stereocenters. The molecule has 0 fully saturated rings. The number of rotatable bonds is 7. The molecule has 3 aromatic rings. The first kappa shape index (κ1) is 20.6. The van der Waals surface area contributed by atoms with Crippen LogP contribution in [0.1, 0.15) is 5.69 Å². The molecule has 1 aromatic carbocycles. The number of halogens is 5. The van der Waals surface area contributed by atoms with Crippen LogP contribution < -0.4 is 4.74 Å². The summed E-state index contributed by atoms with van der Waals surface area (Å²) in [5.74, 6) is -3.60. The van der Waals surface area contributed by atoms with Gasteiger partial charge in [-0.3, -0.25) is 9.67 Å². The highest BCUT2D eigenvalue weighted by Gasteiger charge is 2.42. The molecule has 1 N–H and O–H groups in total. The smallest absolute Gasteiger partial charge is 0.422 e. The molecule has 2 aromatic heterocycles. The van der Waals surface area contributed by atoms with E-state index in [1.807, 2.05) is 0 Å². The quantitative estimate of drug-likeness (QED) is 0.600. The standard InChI is InChI=1S/C18H15F5N4O2/c19-17(20,21)9-29-14-4-1-12(2-5-14)13-3-6-15(25-7-13)18(22,23)16(28)8-27-11-24-10-26-27/h1-7,10-11,16,28H,8-9H2. The van der Waals surface area contributed by atoms with E-state index in [1.165, 1.54) is 42.9 Å². The van der Waals surface area contributed by atoms with Crippen LogP contribution in [0.4, 0.5) is 22.0 Å². The maximum absolute atomic E-state index is 14.4. The Kier molecular flexibility index (Phi) is 5.78. The van der Waals surface area contributed by atoms with Gasteiger partial charge < -0.3 is 9.84 Å². The van der Waals surface area contributed by atoms with Crippen molar-refractivity contribution in [1.29, 1.82) is 0 Å². The SMILES string of the molecule is OC(Cn1cncn1)C(F)(F)c1ccc(-c2ccc(OCC(F)(F)F)cc2)cn1. The first-order chi connectivity index (χ1) is 13.6. The number of benzene rings is 1. The fourth-order valence-electron chi connectivity index (χ4n) is 2.46. The van der Waals surface area contributed by atoms with Gasteiger partial charge in [0.15, 0.2) is 6.61 Å². The van der Waals surface area contributed by atoms with Crippen molar-refractivity contribution in [1.82, 2.24) is 19.7 Å². The van der Waals surface area contributed by atoms with E-state index in [9.17, 15) is 27.1 Å². The minimum absolute atomic E-state index is 0.0263. The summed E-state index contributed by atoms with van der Waals surface area (Å²) in [6.07, 6.45) is -2.94. The van der Waals surface area contributed by atoms with Gasteiger partial charge in [0.1, 0.15) is 30.2 Å². The number of aliphatic hydroxyl groups is 1. The van der Waals surface area contributed by atoms with Crippen LogP contribution in [0.2, 0.25) is 0 Å². The second kappa shape index (κ2) is 8.11. The topological polar surface area (TPSA) is 73.1 Å². The Balaban J connectivity index is 1.69. The highest BCUT2D eigenvalue weighted by Crippen LogP contribution is 2.32. The van der Waals surface area contributed by atoms with Gasteiger partial charge in [-0.1, -0.05) is 18.2 Å². The number of aliphatic hydroxyl groups excluding tert-OH is 1. The maximum atomic E-state index is 14.4. The normalized spacial score (nSPS) is 13.3. The molecule has 154 valence electrons. The maximum Gasteiger partial charge on any atom is 0.422 e. The number of pyridine rings is 1. The number of hydrogen-bond acceptors (Lipinski definition) is 5. The second-order valence-corrected chi connectivity index (χ2v) is 6.12. The molecule has 0 spiro atoms. The van der Waals surface area contributed by atoms with Crippen LogP contribution in [-0.2, 0) is 12.5 Å². The van der Waals surface area contributed by atoms with E-state index < -0.39 is 37.0 Å². The Hall–Kier alpha value is -3.08. The van der Waals surface area contributed by atoms with Crippen LogP contribution in [0, 0.1) is 0 Å². The van der Waals surface area contributed by atoms with E-state index in [2.05, 4.69) is 19.8 Å². The van der Waals surface area contributed by atoms with E-state index in [0.29, 0.717) is 11.1 Å². The number of aromatic nitrogens is 4. The highest BCUT2D eigenvalue weighted by atomic mass is 19.4. The lowest BCUT2D eigenvalue weighted by molar-refractivity contribution is -0.153. The Labute approximate surface area is 161 Å². The second-order valence-electron chi connectivity index (χ2n) is 6.12. The van der Waals surface area contributed by atoms with E-state index in [-0.39, 0.29) is 5.75 Å². The molecule has 3 rings (SSSR count). The largest absolute Gasteiger partial charge is 0.484 e. The van der Waals surface area contributed by atoms with Gasteiger partial charge in [0.25, 0.3) is 0 Å². The highest BCUT2D eigenvalue weighted by molar-refractivity contribution is 5.63. The third-order valence-corrected chi connectivity index (χ3v) is 3.94. The van der Waals surface area contributed by atoms with E-state index in [0.717, 1.165) is 17.1 Å². The predicted octanol–water partition coefficient (Wildman–Crippen LogP) is 3.43. The molecular weight excluding hydrogens is 399 g/mol. The fourth-order valence-corrected chi connectivity index (χ4v) is 2.46. The molecule has 0 bridgehead atoms. The molecule has 0 aliphatic heterocycles. The van der Waals surface area contributed by atoms with Gasteiger partial charge in [-0.05, 0) is 23.8 Å². The summed E-state index contributed by atoms with van der Waals surface area (Å²) in [5.41, 5.74) is 0.395. The molecule has 0 radical (unpaired) electrons. The minimum atomic E-state index is -4.44. The molecule has 1 unspecified atom stereocenters. The van der Waals surface area contributed by atoms with Crippen molar-refractivity contribution in [2.75, 3.05) is 6.61 Å². The van der Waals surface area contributed by atoms with Gasteiger partial charge >= 0.3 is 12.1 Å². The van der Waals surface area contributed by atoms with Crippen LogP contribution in [-0.4, -0.2) is 43.7 Å². The molecule has 0 aliphatic carbocycles. The molecular formula is C18H15F5N4O2. The van der Waals surface area contributed by atoms with Gasteiger partial charge in [0.05, 0.1) is 6.54 Å². The minimum Gasteiger partial charge on any atom is -0.484 e. The molecule has 2 heterocycles. The molecule has 0 aliphatic rings. The van der Waals surface area contributed by atoms with Gasteiger partial charge in [-0.15, -0.1) is 0 Å². The molecule has 29 heavy (non-hydrogen) atoms. The third kappa shape index (κ3) is 5.25. The lowest BCUT2D eigenvalue weighted by atomic mass is 10.0. The van der Waals surface area contributed by atoms with Crippen molar-refractivity contribution >= 4 is 0 Å². The summed E-state index contributed by atoms with van der Waals surface area (Å²) in [7, 11) is 0. The van der Waals surface area contributed by atoms with Crippen LogP contribution in [0.3, 0.4) is 0 Å². The zero-order valence-corrected chi connectivity index (χ0v) is 14.7. The molecule has 0 saturated heterocycles. The number of ether oxygens (including phenoxy) is 1. The van der Waals surface area contributed by atoms with Crippen molar-refractivity contribution in [2.24, 2.45) is 0 Å². The number of alkyl halides is 5. The van der Waals surface area contributed by atoms with Gasteiger partial charge in [0.2, 0.25) is 0 Å². The summed E-state index contributed by atoms with van der Waals surface area (Å²) in [6, 6.07) is 8.11. The summed E-state index contributed by atoms with van der Waals surface area (Å²) in [4.78, 5) is 7.35. The van der Waals surface area contributed by atoms with Crippen molar-refractivity contribution in [3.05, 3.63) is 60.9 Å². The number of nitrogens with zero attached hydrogens (tertiary/aromatic N) is 4. The lowest BCUT2D eigenvalue weighted by Gasteiger charge is -2.22. The van der Waals surface area contributed by atoms with Gasteiger partial charge in [0, 0.05) is 11.8 Å². The first-order valence-corrected chi connectivity index (χ1v) is 8.30. The molecule has 0 saturated carbocycles. The van der Waals surface area contributed by atoms with Gasteiger partial charge in [-0.25, -0.2) is 4.98 Å². The molecule has 6 nitrogen and oxygen atoms in total. The summed E-state index contributed by atoms with van der Waals surface area (Å²) < 4.78 is 71.0. The molecule has 0 amide bonds. The Bertz CT molecular complexity index is 913. The summed E-state index contributed by atoms with van der Waals surface area (Å²) >= 11 is 0. The van der Waals surface area contributed by atoms with Crippen molar-refractivity contribution in [3.8, 4) is 16.9 Å². The number of hydrogen-bond donors (Lipinski definition) is 1. The average Bonchev–Trinajstić information content (AvgIpc) is 3.19. The summed E-state index contributed by atoms with van der Waals surface area (Å²) in [6.45, 7) is -1.87. The monoisotopic (exact) mass is 414 g/mol. The third-order valence-electron chi connectivity index (χ3n) is 3.94. The summed E-state index contributed by atoms with van der Waals surface area (Å²) in [5, 5.41) is 13.5. The van der Waals surface area contributed by atoms with Crippen molar-refractivity contribution in [3.63, 3.8) is 0 Å². The van der Waals surface area contributed by atoms with Crippen LogP contribution >= 0.6 is 0 Å². The van der Waals surface area contributed by atoms with Crippen LogP contribution in [0.15, 0.2) is 55.2 Å². The van der Waals surface area contributed by atoms with E-state index >= 15 is 0 Å². The lowest BCUT2D eigenvalue weighted by Crippen LogP contribution is -2.35. The van der Waals surface area contributed by atoms with Gasteiger partial charge in [-0.2, -0.15) is 27.1 Å². The van der Waals surface area contributed by atoms with E-state index in [1.54, 1.807) is 0 Å². The Morgan fingerprint density at radius 2 is 1.69 bits per heavy atom. The van der Waals surface area contributed by atoms with E-state index in [4.69, 9.17) is 0 Å². The zero-order chi connectivity index (χ0) is 21.1. The van der Waals surface area contributed by atoms with Crippen LogP contribution in [0.25, 0.3) is 11.1 Å². The zero-order valence-electron chi connectivity index (χ0n) is 14.7. The first-order valence-electron chi connectivity index (χ1n) is 8.30. The van der Waals surface area contributed by atoms with Crippen molar-refractivity contribution < 1.29 is 31.8 Å². The predicted molar refractivity (Wildman–Crippen MR) is 91.1 cm³/mol.